The molecule has 2 aromatic carbocycles. The lowest BCUT2D eigenvalue weighted by Gasteiger charge is -2.28. The van der Waals surface area contributed by atoms with Crippen molar-refractivity contribution in [2.75, 3.05) is 11.9 Å². The Morgan fingerprint density at radius 1 is 1.07 bits per heavy atom. The van der Waals surface area contributed by atoms with E-state index in [9.17, 15) is 4.79 Å². The first-order chi connectivity index (χ1) is 13.1. The Morgan fingerprint density at radius 2 is 1.70 bits per heavy atom. The smallest absolute Gasteiger partial charge is 0.224 e. The van der Waals surface area contributed by atoms with Crippen LogP contribution in [0.15, 0.2) is 48.5 Å². The van der Waals surface area contributed by atoms with Crippen LogP contribution < -0.4 is 4.90 Å². The molecule has 4 rings (SSSR count). The van der Waals surface area contributed by atoms with Crippen molar-refractivity contribution in [3.8, 4) is 0 Å². The number of amides is 1. The summed E-state index contributed by atoms with van der Waals surface area (Å²) in [7, 11) is 1.98. The second kappa shape index (κ2) is 7.97. The molecule has 0 aromatic heterocycles. The van der Waals surface area contributed by atoms with Gasteiger partial charge in [0.2, 0.25) is 5.91 Å². The SMILES string of the molecule is CC.CCC1C2=C(ON1C)c1ccccc1CN(C(C)=O)c1ccccc12. The van der Waals surface area contributed by atoms with Gasteiger partial charge in [-0.05, 0) is 18.1 Å². The van der Waals surface area contributed by atoms with Gasteiger partial charge in [-0.3, -0.25) is 4.79 Å². The van der Waals surface area contributed by atoms with Crippen LogP contribution in [0.25, 0.3) is 11.3 Å². The average Bonchev–Trinajstić information content (AvgIpc) is 3.02. The van der Waals surface area contributed by atoms with Crippen molar-refractivity contribution in [1.29, 1.82) is 0 Å². The lowest BCUT2D eigenvalue weighted by atomic mass is 9.89. The van der Waals surface area contributed by atoms with Crippen LogP contribution in [-0.4, -0.2) is 24.1 Å². The number of nitrogens with zero attached hydrogens (tertiary/aromatic N) is 2. The molecule has 0 radical (unpaired) electrons. The van der Waals surface area contributed by atoms with E-state index >= 15 is 0 Å². The number of para-hydroxylation sites is 1. The number of hydroxylamine groups is 2. The third kappa shape index (κ3) is 3.26. The number of carbonyl (C=O) groups excluding carboxylic acids is 1. The molecule has 0 saturated heterocycles. The zero-order valence-corrected chi connectivity index (χ0v) is 16.8. The van der Waals surface area contributed by atoms with E-state index in [1.54, 1.807) is 6.92 Å². The zero-order valence-electron chi connectivity index (χ0n) is 16.8. The maximum Gasteiger partial charge on any atom is 0.224 e. The maximum atomic E-state index is 12.4. The summed E-state index contributed by atoms with van der Waals surface area (Å²) in [5, 5.41) is 1.93. The molecule has 2 aliphatic rings. The first-order valence-corrected chi connectivity index (χ1v) is 9.72. The summed E-state index contributed by atoms with van der Waals surface area (Å²) in [4.78, 5) is 20.5. The number of fused-ring (bicyclic) bond motifs is 4. The molecule has 27 heavy (non-hydrogen) atoms. The van der Waals surface area contributed by atoms with Crippen molar-refractivity contribution in [3.63, 3.8) is 0 Å². The van der Waals surface area contributed by atoms with Gasteiger partial charge < -0.3 is 9.74 Å². The molecule has 0 spiro atoms. The van der Waals surface area contributed by atoms with Gasteiger partial charge in [0, 0.05) is 30.7 Å². The molecule has 0 N–H and O–H groups in total. The molecular formula is C23H28N2O2. The molecule has 0 bridgehead atoms. The fraction of sp³-hybridized carbons (Fsp3) is 0.348. The zero-order chi connectivity index (χ0) is 19.6. The van der Waals surface area contributed by atoms with Crippen LogP contribution in [0.2, 0.25) is 0 Å². The number of hydrogen-bond acceptors (Lipinski definition) is 3. The minimum Gasteiger partial charge on any atom is -0.405 e. The normalized spacial score (nSPS) is 18.3. The predicted molar refractivity (Wildman–Crippen MR) is 111 cm³/mol. The molecule has 4 nitrogen and oxygen atoms in total. The van der Waals surface area contributed by atoms with Crippen molar-refractivity contribution in [2.45, 2.75) is 46.7 Å². The Balaban J connectivity index is 0.00000102. The Kier molecular flexibility index (Phi) is 5.66. The van der Waals surface area contributed by atoms with Gasteiger partial charge >= 0.3 is 0 Å². The van der Waals surface area contributed by atoms with Gasteiger partial charge in [0.25, 0.3) is 0 Å². The quantitative estimate of drug-likeness (QED) is 0.705. The summed E-state index contributed by atoms with van der Waals surface area (Å²) in [6.45, 7) is 8.34. The summed E-state index contributed by atoms with van der Waals surface area (Å²) < 4.78 is 0. The average molecular weight is 364 g/mol. The molecule has 1 unspecified atom stereocenters. The fourth-order valence-electron chi connectivity index (χ4n) is 3.90. The third-order valence-corrected chi connectivity index (χ3v) is 5.09. The summed E-state index contributed by atoms with van der Waals surface area (Å²) in [5.41, 5.74) is 5.37. The summed E-state index contributed by atoms with van der Waals surface area (Å²) >= 11 is 0. The van der Waals surface area contributed by atoms with E-state index in [-0.39, 0.29) is 11.9 Å². The number of likely N-dealkylation sites (N-methyl/N-ethyl adjacent to an activating group) is 1. The van der Waals surface area contributed by atoms with E-state index in [1.807, 2.05) is 61.2 Å². The largest absolute Gasteiger partial charge is 0.405 e. The molecule has 142 valence electrons. The maximum absolute atomic E-state index is 12.4. The van der Waals surface area contributed by atoms with Gasteiger partial charge in [-0.2, -0.15) is 0 Å². The highest BCUT2D eigenvalue weighted by Gasteiger charge is 2.37. The molecule has 1 amide bonds. The van der Waals surface area contributed by atoms with Crippen LogP contribution in [0.5, 0.6) is 0 Å². The van der Waals surface area contributed by atoms with Gasteiger partial charge in [-0.1, -0.05) is 63.2 Å². The van der Waals surface area contributed by atoms with E-state index in [1.165, 1.54) is 5.57 Å². The Bertz CT molecular complexity index is 872. The van der Waals surface area contributed by atoms with Crippen molar-refractivity contribution in [2.24, 2.45) is 0 Å². The highest BCUT2D eigenvalue weighted by Crippen LogP contribution is 2.45. The Hall–Kier alpha value is -2.59. The van der Waals surface area contributed by atoms with Crippen LogP contribution in [0.1, 0.15) is 50.8 Å². The van der Waals surface area contributed by atoms with E-state index < -0.39 is 0 Å². The minimum atomic E-state index is 0.0478. The molecule has 2 aromatic rings. The first-order valence-electron chi connectivity index (χ1n) is 9.72. The van der Waals surface area contributed by atoms with Crippen molar-refractivity contribution < 1.29 is 9.63 Å². The molecule has 4 heteroatoms. The number of rotatable bonds is 1. The monoisotopic (exact) mass is 364 g/mol. The number of hydrogen-bond donors (Lipinski definition) is 0. The van der Waals surface area contributed by atoms with Crippen LogP contribution in [-0.2, 0) is 16.2 Å². The van der Waals surface area contributed by atoms with E-state index in [0.29, 0.717) is 6.54 Å². The van der Waals surface area contributed by atoms with Gasteiger partial charge in [-0.25, -0.2) is 0 Å². The van der Waals surface area contributed by atoms with Crippen LogP contribution in [0.4, 0.5) is 5.69 Å². The second-order valence-corrected chi connectivity index (χ2v) is 6.58. The topological polar surface area (TPSA) is 32.8 Å². The van der Waals surface area contributed by atoms with Crippen LogP contribution in [0, 0.1) is 0 Å². The van der Waals surface area contributed by atoms with E-state index in [0.717, 1.165) is 34.6 Å². The van der Waals surface area contributed by atoms with Crippen LogP contribution in [0.3, 0.4) is 0 Å². The second-order valence-electron chi connectivity index (χ2n) is 6.58. The van der Waals surface area contributed by atoms with E-state index in [4.69, 9.17) is 4.84 Å². The highest BCUT2D eigenvalue weighted by molar-refractivity contribution is 6.01. The van der Waals surface area contributed by atoms with Crippen LogP contribution >= 0.6 is 0 Å². The Labute approximate surface area is 162 Å². The molecule has 2 heterocycles. The number of benzene rings is 2. The highest BCUT2D eigenvalue weighted by atomic mass is 16.7. The fourth-order valence-corrected chi connectivity index (χ4v) is 3.90. The summed E-state index contributed by atoms with van der Waals surface area (Å²) in [5.74, 6) is 0.965. The lowest BCUT2D eigenvalue weighted by Crippen LogP contribution is -2.30. The molecule has 2 aliphatic heterocycles. The van der Waals surface area contributed by atoms with Gasteiger partial charge in [-0.15, -0.1) is 5.06 Å². The van der Waals surface area contributed by atoms with Gasteiger partial charge in [0.1, 0.15) is 0 Å². The first kappa shape index (κ1) is 19.2. The van der Waals surface area contributed by atoms with Gasteiger partial charge in [0.05, 0.1) is 18.3 Å². The van der Waals surface area contributed by atoms with Crippen molar-refractivity contribution >= 4 is 22.9 Å². The molecular weight excluding hydrogens is 336 g/mol. The molecule has 0 saturated carbocycles. The summed E-state index contributed by atoms with van der Waals surface area (Å²) in [6, 6.07) is 16.5. The van der Waals surface area contributed by atoms with Crippen molar-refractivity contribution in [1.82, 2.24) is 5.06 Å². The van der Waals surface area contributed by atoms with Crippen molar-refractivity contribution in [3.05, 3.63) is 65.2 Å². The predicted octanol–water partition coefficient (Wildman–Crippen LogP) is 5.10. The van der Waals surface area contributed by atoms with E-state index in [2.05, 4.69) is 25.1 Å². The minimum absolute atomic E-state index is 0.0478. The molecule has 0 fully saturated rings. The Morgan fingerprint density at radius 3 is 2.37 bits per heavy atom. The van der Waals surface area contributed by atoms with Gasteiger partial charge in [0.15, 0.2) is 5.76 Å². The summed E-state index contributed by atoms with van der Waals surface area (Å²) in [6.07, 6.45) is 0.936. The molecule has 1 atom stereocenters. The molecule has 0 aliphatic carbocycles. The number of carbonyl (C=O) groups is 1. The number of anilines is 1. The lowest BCUT2D eigenvalue weighted by molar-refractivity contribution is -0.116. The standard InChI is InChI=1S/C21H22N2O2.C2H6/c1-4-18-20-17-11-7-8-12-19(17)23(14(2)24)13-15-9-5-6-10-16(15)21(20)25-22(18)3;1-2/h5-12,18H,4,13H2,1-3H3;1-2H3. The third-order valence-electron chi connectivity index (χ3n) is 5.09.